The van der Waals surface area contributed by atoms with Crippen LogP contribution >= 0.6 is 0 Å². The minimum absolute atomic E-state index is 0.153. The maximum absolute atomic E-state index is 9.79. The monoisotopic (exact) mass is 99.0 g/mol. The highest BCUT2D eigenvalue weighted by Crippen LogP contribution is 1.92. The average molecular weight is 99.1 g/mol. The lowest BCUT2D eigenvalue weighted by molar-refractivity contribution is -0.132. The molecule has 0 unspecified atom stereocenters. The number of carboxylic acid groups (broad SMARTS) is 1. The summed E-state index contributed by atoms with van der Waals surface area (Å²) >= 11 is 0. The van der Waals surface area contributed by atoms with Crippen LogP contribution in [-0.2, 0) is 4.79 Å². The third-order valence-corrected chi connectivity index (χ3v) is 0.604. The summed E-state index contributed by atoms with van der Waals surface area (Å²) in [7, 11) is 0. The van der Waals surface area contributed by atoms with Crippen LogP contribution in [0, 0.1) is 6.92 Å². The predicted octanol–water partition coefficient (Wildman–Crippen LogP) is 0.851. The first-order valence-corrected chi connectivity index (χ1v) is 1.88. The van der Waals surface area contributed by atoms with Gasteiger partial charge in [-0.3, -0.25) is 0 Å². The molecule has 39 valence electrons. The first-order chi connectivity index (χ1) is 3.18. The zero-order valence-corrected chi connectivity index (χ0v) is 3.98. The SMILES string of the molecule is [CH2]CC(=C)C(=O)O. The van der Waals surface area contributed by atoms with Crippen LogP contribution in [0.3, 0.4) is 0 Å². The van der Waals surface area contributed by atoms with E-state index in [1.54, 1.807) is 0 Å². The number of rotatable bonds is 2. The second-order valence-corrected chi connectivity index (χ2v) is 1.16. The summed E-state index contributed by atoms with van der Waals surface area (Å²) in [6.45, 7) is 6.54. The number of carbonyl (C=O) groups is 1. The fourth-order valence-electron chi connectivity index (χ4n) is 0.107. The maximum Gasteiger partial charge on any atom is 0.330 e. The Morgan fingerprint density at radius 2 is 2.14 bits per heavy atom. The normalized spacial score (nSPS) is 8.14. The summed E-state index contributed by atoms with van der Waals surface area (Å²) in [6.07, 6.45) is 0.273. The quantitative estimate of drug-likeness (QED) is 0.521. The second kappa shape index (κ2) is 2.39. The van der Waals surface area contributed by atoms with E-state index in [9.17, 15) is 4.79 Å². The summed E-state index contributed by atoms with van der Waals surface area (Å²) in [5.74, 6) is -0.963. The molecule has 0 spiro atoms. The maximum atomic E-state index is 9.79. The molecule has 0 atom stereocenters. The Hall–Kier alpha value is -0.790. The summed E-state index contributed by atoms with van der Waals surface area (Å²) in [4.78, 5) is 9.79. The Kier molecular flexibility index (Phi) is 2.12. The van der Waals surface area contributed by atoms with E-state index in [2.05, 4.69) is 13.5 Å². The van der Waals surface area contributed by atoms with Crippen molar-refractivity contribution in [2.45, 2.75) is 6.42 Å². The molecular weight excluding hydrogens is 92.1 g/mol. The van der Waals surface area contributed by atoms with Crippen molar-refractivity contribution >= 4 is 5.97 Å². The summed E-state index contributed by atoms with van der Waals surface area (Å²) < 4.78 is 0. The first kappa shape index (κ1) is 6.21. The molecule has 0 amide bonds. The van der Waals surface area contributed by atoms with Crippen LogP contribution in [0.5, 0.6) is 0 Å². The van der Waals surface area contributed by atoms with Gasteiger partial charge in [0.15, 0.2) is 0 Å². The standard InChI is InChI=1S/C5H7O2/c1-3-4(2)5(6)7/h1-3H2,(H,6,7). The lowest BCUT2D eigenvalue weighted by Gasteiger charge is -1.87. The van der Waals surface area contributed by atoms with Crippen LogP contribution in [0.15, 0.2) is 12.2 Å². The Balaban J connectivity index is 3.58. The summed E-state index contributed by atoms with van der Waals surface area (Å²) in [5.41, 5.74) is 0.153. The van der Waals surface area contributed by atoms with Gasteiger partial charge in [-0.15, -0.1) is 0 Å². The van der Waals surface area contributed by atoms with Crippen molar-refractivity contribution in [3.63, 3.8) is 0 Å². The molecule has 2 heteroatoms. The smallest absolute Gasteiger partial charge is 0.330 e. The van der Waals surface area contributed by atoms with Gasteiger partial charge in [-0.1, -0.05) is 6.58 Å². The topological polar surface area (TPSA) is 37.3 Å². The van der Waals surface area contributed by atoms with E-state index in [0.717, 1.165) is 0 Å². The van der Waals surface area contributed by atoms with Crippen molar-refractivity contribution in [1.29, 1.82) is 0 Å². The lowest BCUT2D eigenvalue weighted by atomic mass is 10.2. The van der Waals surface area contributed by atoms with E-state index in [0.29, 0.717) is 0 Å². The molecule has 0 rings (SSSR count). The van der Waals surface area contributed by atoms with E-state index >= 15 is 0 Å². The van der Waals surface area contributed by atoms with Gasteiger partial charge in [-0.05, 0) is 13.3 Å². The minimum Gasteiger partial charge on any atom is -0.478 e. The third-order valence-electron chi connectivity index (χ3n) is 0.604. The Morgan fingerprint density at radius 3 is 2.14 bits per heavy atom. The van der Waals surface area contributed by atoms with Gasteiger partial charge in [0.25, 0.3) is 0 Å². The largest absolute Gasteiger partial charge is 0.478 e. The second-order valence-electron chi connectivity index (χ2n) is 1.16. The molecule has 1 N–H and O–H groups in total. The molecule has 0 saturated heterocycles. The van der Waals surface area contributed by atoms with Crippen molar-refractivity contribution in [3.8, 4) is 0 Å². The van der Waals surface area contributed by atoms with Gasteiger partial charge in [-0.25, -0.2) is 4.79 Å². The molecule has 2 nitrogen and oxygen atoms in total. The Bertz CT molecular complexity index is 94.3. The van der Waals surface area contributed by atoms with Gasteiger partial charge in [0, 0.05) is 5.57 Å². The van der Waals surface area contributed by atoms with Crippen LogP contribution in [0.4, 0.5) is 0 Å². The molecule has 0 heterocycles. The number of carboxylic acids is 1. The predicted molar refractivity (Wildman–Crippen MR) is 26.7 cm³/mol. The van der Waals surface area contributed by atoms with Crippen molar-refractivity contribution < 1.29 is 9.90 Å². The van der Waals surface area contributed by atoms with Crippen molar-refractivity contribution in [2.75, 3.05) is 0 Å². The molecular formula is C5H7O2. The van der Waals surface area contributed by atoms with E-state index in [-0.39, 0.29) is 12.0 Å². The van der Waals surface area contributed by atoms with Crippen LogP contribution in [0.1, 0.15) is 6.42 Å². The Morgan fingerprint density at radius 1 is 1.71 bits per heavy atom. The fourth-order valence-corrected chi connectivity index (χ4v) is 0.107. The van der Waals surface area contributed by atoms with Crippen LogP contribution in [0.25, 0.3) is 0 Å². The van der Waals surface area contributed by atoms with Gasteiger partial charge in [0.05, 0.1) is 0 Å². The van der Waals surface area contributed by atoms with Crippen LogP contribution in [0.2, 0.25) is 0 Å². The summed E-state index contributed by atoms with van der Waals surface area (Å²) in [5, 5.41) is 8.04. The first-order valence-electron chi connectivity index (χ1n) is 1.88. The van der Waals surface area contributed by atoms with Gasteiger partial charge in [0.1, 0.15) is 0 Å². The van der Waals surface area contributed by atoms with Crippen LogP contribution in [-0.4, -0.2) is 11.1 Å². The van der Waals surface area contributed by atoms with Crippen molar-refractivity contribution in [3.05, 3.63) is 19.1 Å². The van der Waals surface area contributed by atoms with Gasteiger partial charge >= 0.3 is 5.97 Å². The average Bonchev–Trinajstić information content (AvgIpc) is 1.65. The molecule has 0 aliphatic carbocycles. The molecule has 0 bridgehead atoms. The molecule has 0 aromatic heterocycles. The number of hydrogen-bond donors (Lipinski definition) is 1. The lowest BCUT2D eigenvalue weighted by Crippen LogP contribution is -1.95. The van der Waals surface area contributed by atoms with E-state index < -0.39 is 5.97 Å². The van der Waals surface area contributed by atoms with E-state index in [4.69, 9.17) is 5.11 Å². The number of hydrogen-bond acceptors (Lipinski definition) is 1. The zero-order chi connectivity index (χ0) is 5.86. The fraction of sp³-hybridized carbons (Fsp3) is 0.200. The Labute approximate surface area is 42.5 Å². The zero-order valence-electron chi connectivity index (χ0n) is 3.98. The molecule has 0 saturated carbocycles. The highest BCUT2D eigenvalue weighted by atomic mass is 16.4. The van der Waals surface area contributed by atoms with Gasteiger partial charge in [0.2, 0.25) is 0 Å². The molecule has 0 aromatic rings. The molecule has 0 fully saturated rings. The molecule has 0 aromatic carbocycles. The van der Waals surface area contributed by atoms with Gasteiger partial charge < -0.3 is 5.11 Å². The van der Waals surface area contributed by atoms with Gasteiger partial charge in [-0.2, -0.15) is 0 Å². The molecule has 7 heavy (non-hydrogen) atoms. The number of aliphatic carboxylic acids is 1. The highest BCUT2D eigenvalue weighted by Gasteiger charge is 1.96. The van der Waals surface area contributed by atoms with Crippen molar-refractivity contribution in [1.82, 2.24) is 0 Å². The molecule has 0 aliphatic rings. The summed E-state index contributed by atoms with van der Waals surface area (Å²) in [6, 6.07) is 0. The minimum atomic E-state index is -0.963. The van der Waals surface area contributed by atoms with E-state index in [1.165, 1.54) is 0 Å². The molecule has 0 aliphatic heterocycles. The third kappa shape index (κ3) is 1.98. The van der Waals surface area contributed by atoms with Crippen LogP contribution < -0.4 is 0 Å². The highest BCUT2D eigenvalue weighted by molar-refractivity contribution is 5.85. The van der Waals surface area contributed by atoms with Crippen molar-refractivity contribution in [2.24, 2.45) is 0 Å². The van der Waals surface area contributed by atoms with E-state index in [1.807, 2.05) is 0 Å². The molecule has 1 radical (unpaired) electrons.